The maximum absolute atomic E-state index is 11.5. The molecule has 1 heterocycles. The highest BCUT2D eigenvalue weighted by atomic mass is 32.2. The van der Waals surface area contributed by atoms with Gasteiger partial charge in [-0.15, -0.1) is 0 Å². The number of hydrogen-bond donors (Lipinski definition) is 2. The lowest BCUT2D eigenvalue weighted by Crippen LogP contribution is -2.45. The summed E-state index contributed by atoms with van der Waals surface area (Å²) in [5.41, 5.74) is 0. The van der Waals surface area contributed by atoms with Gasteiger partial charge in [0.1, 0.15) is 0 Å². The second kappa shape index (κ2) is 8.58. The molecule has 2 unspecified atom stereocenters. The standard InChI is InChI=1S/C14H30N4O2S/c1-5-15-14(16-10-12(4)18(6-2)7-3)17-13-8-9-21(19,20)11-13/h12-13H,5-11H2,1-4H3,(H2,15,16,17). The summed E-state index contributed by atoms with van der Waals surface area (Å²) < 4.78 is 23.0. The van der Waals surface area contributed by atoms with E-state index in [0.717, 1.165) is 25.6 Å². The minimum absolute atomic E-state index is 0.0171. The van der Waals surface area contributed by atoms with Crippen LogP contribution in [0, 0.1) is 0 Å². The molecule has 1 aliphatic heterocycles. The molecular formula is C14H30N4O2S. The number of sulfone groups is 1. The van der Waals surface area contributed by atoms with Crippen molar-refractivity contribution in [1.82, 2.24) is 15.5 Å². The first-order valence-electron chi connectivity index (χ1n) is 7.91. The van der Waals surface area contributed by atoms with Gasteiger partial charge in [0, 0.05) is 18.6 Å². The molecular weight excluding hydrogens is 288 g/mol. The lowest BCUT2D eigenvalue weighted by molar-refractivity contribution is 0.237. The van der Waals surface area contributed by atoms with Gasteiger partial charge in [0.25, 0.3) is 0 Å². The molecule has 0 aliphatic carbocycles. The van der Waals surface area contributed by atoms with E-state index in [4.69, 9.17) is 0 Å². The van der Waals surface area contributed by atoms with Crippen molar-refractivity contribution in [2.24, 2.45) is 4.99 Å². The Morgan fingerprint density at radius 1 is 1.33 bits per heavy atom. The van der Waals surface area contributed by atoms with E-state index in [1.54, 1.807) is 0 Å². The molecule has 0 saturated carbocycles. The zero-order valence-corrected chi connectivity index (χ0v) is 14.5. The second-order valence-electron chi connectivity index (χ2n) is 5.53. The summed E-state index contributed by atoms with van der Waals surface area (Å²) in [6, 6.07) is 0.360. The Balaban J connectivity index is 2.58. The third-order valence-corrected chi connectivity index (χ3v) is 5.63. The van der Waals surface area contributed by atoms with E-state index in [1.165, 1.54) is 0 Å². The molecule has 0 bridgehead atoms. The molecule has 6 nitrogen and oxygen atoms in total. The summed E-state index contributed by atoms with van der Waals surface area (Å²) in [6.45, 7) is 12.0. The van der Waals surface area contributed by atoms with Crippen LogP contribution in [0.3, 0.4) is 0 Å². The van der Waals surface area contributed by atoms with Crippen molar-refractivity contribution in [2.75, 3.05) is 37.7 Å². The van der Waals surface area contributed by atoms with Crippen LogP contribution in [0.15, 0.2) is 4.99 Å². The molecule has 0 aromatic heterocycles. The minimum atomic E-state index is -2.86. The Labute approximate surface area is 129 Å². The Morgan fingerprint density at radius 2 is 2.00 bits per heavy atom. The molecule has 1 rings (SSSR count). The van der Waals surface area contributed by atoms with Gasteiger partial charge in [-0.1, -0.05) is 13.8 Å². The molecule has 0 spiro atoms. The molecule has 0 aromatic carbocycles. The van der Waals surface area contributed by atoms with E-state index < -0.39 is 9.84 Å². The lowest BCUT2D eigenvalue weighted by Gasteiger charge is -2.25. The van der Waals surface area contributed by atoms with Crippen LogP contribution in [0.1, 0.15) is 34.1 Å². The van der Waals surface area contributed by atoms with Crippen LogP contribution >= 0.6 is 0 Å². The molecule has 0 amide bonds. The Bertz CT molecular complexity index is 432. The zero-order valence-electron chi connectivity index (χ0n) is 13.7. The first kappa shape index (κ1) is 18.2. The predicted molar refractivity (Wildman–Crippen MR) is 88.6 cm³/mol. The highest BCUT2D eigenvalue weighted by Crippen LogP contribution is 2.11. The predicted octanol–water partition coefficient (Wildman–Crippen LogP) is 0.459. The lowest BCUT2D eigenvalue weighted by atomic mass is 10.2. The van der Waals surface area contributed by atoms with Crippen LogP contribution in [0.2, 0.25) is 0 Å². The van der Waals surface area contributed by atoms with Crippen LogP contribution < -0.4 is 10.6 Å². The Kier molecular flexibility index (Phi) is 7.45. The third-order valence-electron chi connectivity index (χ3n) is 3.87. The monoisotopic (exact) mass is 318 g/mol. The van der Waals surface area contributed by atoms with Gasteiger partial charge in [-0.2, -0.15) is 0 Å². The van der Waals surface area contributed by atoms with Crippen molar-refractivity contribution in [1.29, 1.82) is 0 Å². The van der Waals surface area contributed by atoms with E-state index in [9.17, 15) is 8.42 Å². The number of likely N-dealkylation sites (N-methyl/N-ethyl adjacent to an activating group) is 1. The van der Waals surface area contributed by atoms with E-state index in [-0.39, 0.29) is 17.5 Å². The normalized spacial score (nSPS) is 23.3. The average Bonchev–Trinajstić information content (AvgIpc) is 2.77. The highest BCUT2D eigenvalue weighted by molar-refractivity contribution is 7.91. The van der Waals surface area contributed by atoms with E-state index in [2.05, 4.69) is 41.3 Å². The first-order valence-corrected chi connectivity index (χ1v) is 9.73. The molecule has 1 saturated heterocycles. The van der Waals surface area contributed by atoms with Crippen molar-refractivity contribution in [3.63, 3.8) is 0 Å². The molecule has 7 heteroatoms. The van der Waals surface area contributed by atoms with Gasteiger partial charge in [-0.25, -0.2) is 8.42 Å². The minimum Gasteiger partial charge on any atom is -0.357 e. The van der Waals surface area contributed by atoms with Crippen LogP contribution in [0.25, 0.3) is 0 Å². The maximum Gasteiger partial charge on any atom is 0.191 e. The molecule has 2 N–H and O–H groups in total. The van der Waals surface area contributed by atoms with Crippen molar-refractivity contribution in [3.8, 4) is 0 Å². The van der Waals surface area contributed by atoms with Gasteiger partial charge in [0.2, 0.25) is 0 Å². The smallest absolute Gasteiger partial charge is 0.191 e. The molecule has 1 fully saturated rings. The summed E-state index contributed by atoms with van der Waals surface area (Å²) >= 11 is 0. The Morgan fingerprint density at radius 3 is 2.48 bits per heavy atom. The van der Waals surface area contributed by atoms with E-state index in [0.29, 0.717) is 19.0 Å². The average molecular weight is 318 g/mol. The van der Waals surface area contributed by atoms with E-state index in [1.807, 2.05) is 6.92 Å². The van der Waals surface area contributed by atoms with Crippen molar-refractivity contribution >= 4 is 15.8 Å². The fourth-order valence-electron chi connectivity index (χ4n) is 2.61. The van der Waals surface area contributed by atoms with Gasteiger partial charge in [0.15, 0.2) is 15.8 Å². The quantitative estimate of drug-likeness (QED) is 0.527. The van der Waals surface area contributed by atoms with Gasteiger partial charge in [-0.05, 0) is 33.4 Å². The summed E-state index contributed by atoms with van der Waals surface area (Å²) in [6.07, 6.45) is 0.665. The number of nitrogens with one attached hydrogen (secondary N) is 2. The molecule has 0 aromatic rings. The summed E-state index contributed by atoms with van der Waals surface area (Å²) in [5, 5.41) is 6.44. The third kappa shape index (κ3) is 6.22. The maximum atomic E-state index is 11.5. The van der Waals surface area contributed by atoms with Crippen LogP contribution in [-0.2, 0) is 9.84 Å². The molecule has 21 heavy (non-hydrogen) atoms. The van der Waals surface area contributed by atoms with Crippen LogP contribution in [0.4, 0.5) is 0 Å². The van der Waals surface area contributed by atoms with Gasteiger partial charge in [-0.3, -0.25) is 9.89 Å². The largest absolute Gasteiger partial charge is 0.357 e. The van der Waals surface area contributed by atoms with Crippen molar-refractivity contribution < 1.29 is 8.42 Å². The summed E-state index contributed by atoms with van der Waals surface area (Å²) in [7, 11) is -2.86. The SMILES string of the molecule is CCNC(=NCC(C)N(CC)CC)NC1CCS(=O)(=O)C1. The van der Waals surface area contributed by atoms with Crippen LogP contribution in [-0.4, -0.2) is 69.0 Å². The zero-order chi connectivity index (χ0) is 15.9. The summed E-state index contributed by atoms with van der Waals surface area (Å²) in [4.78, 5) is 6.95. The van der Waals surface area contributed by atoms with E-state index >= 15 is 0 Å². The number of nitrogens with zero attached hydrogens (tertiary/aromatic N) is 2. The number of aliphatic imine (C=N–C) groups is 1. The van der Waals surface area contributed by atoms with Gasteiger partial charge in [0.05, 0.1) is 18.1 Å². The fourth-order valence-corrected chi connectivity index (χ4v) is 4.28. The second-order valence-corrected chi connectivity index (χ2v) is 7.76. The highest BCUT2D eigenvalue weighted by Gasteiger charge is 2.28. The molecule has 124 valence electrons. The fraction of sp³-hybridized carbons (Fsp3) is 0.929. The number of rotatable bonds is 7. The summed E-state index contributed by atoms with van der Waals surface area (Å²) in [5.74, 6) is 1.21. The van der Waals surface area contributed by atoms with Crippen molar-refractivity contribution in [2.45, 2.75) is 46.2 Å². The number of hydrogen-bond acceptors (Lipinski definition) is 4. The molecule has 0 radical (unpaired) electrons. The van der Waals surface area contributed by atoms with Gasteiger partial charge < -0.3 is 10.6 Å². The topological polar surface area (TPSA) is 73.8 Å². The first-order chi connectivity index (χ1) is 9.91. The van der Waals surface area contributed by atoms with Crippen LogP contribution in [0.5, 0.6) is 0 Å². The van der Waals surface area contributed by atoms with Crippen molar-refractivity contribution in [3.05, 3.63) is 0 Å². The molecule has 1 aliphatic rings. The number of guanidine groups is 1. The Hall–Kier alpha value is -0.820. The molecule has 2 atom stereocenters. The van der Waals surface area contributed by atoms with Gasteiger partial charge >= 0.3 is 0 Å².